The molecule has 112 valence electrons. The molecule has 1 heterocycles. The normalized spacial score (nSPS) is 11.5. The van der Waals surface area contributed by atoms with Crippen molar-refractivity contribution < 1.29 is 4.79 Å². The van der Waals surface area contributed by atoms with Crippen molar-refractivity contribution in [3.8, 4) is 0 Å². The highest BCUT2D eigenvalue weighted by Crippen LogP contribution is 2.07. The van der Waals surface area contributed by atoms with Crippen LogP contribution in [0.15, 0.2) is 18.3 Å². The number of hydrogen-bond donors (Lipinski definition) is 2. The van der Waals surface area contributed by atoms with Crippen LogP contribution < -0.4 is 10.6 Å². The fourth-order valence-corrected chi connectivity index (χ4v) is 1.66. The molecule has 1 rings (SSSR count). The predicted molar refractivity (Wildman–Crippen MR) is 83.1 cm³/mol. The van der Waals surface area contributed by atoms with E-state index in [1.807, 2.05) is 26.8 Å². The van der Waals surface area contributed by atoms with Gasteiger partial charge in [0, 0.05) is 18.3 Å². The van der Waals surface area contributed by atoms with E-state index < -0.39 is 0 Å². The summed E-state index contributed by atoms with van der Waals surface area (Å²) in [4.78, 5) is 18.3. The first-order chi connectivity index (χ1) is 9.28. The molecule has 0 aliphatic rings. The zero-order valence-electron chi connectivity index (χ0n) is 13.2. The summed E-state index contributed by atoms with van der Waals surface area (Å²) in [6.45, 7) is 7.79. The standard InChI is InChI=1S/C15H26N4O/c1-15(2,3)18-14(20)12-7-8-13(17-11-12)16-9-6-10-19(4)5/h7-8,11H,6,9-10H2,1-5H3,(H,16,17)(H,18,20). The van der Waals surface area contributed by atoms with Crippen molar-refractivity contribution in [2.45, 2.75) is 32.7 Å². The molecule has 0 saturated heterocycles. The number of carbonyl (C=O) groups is 1. The van der Waals surface area contributed by atoms with Crippen LogP contribution in [0.3, 0.4) is 0 Å². The van der Waals surface area contributed by atoms with Crippen molar-refractivity contribution in [3.63, 3.8) is 0 Å². The van der Waals surface area contributed by atoms with E-state index in [1.165, 1.54) is 0 Å². The van der Waals surface area contributed by atoms with Crippen molar-refractivity contribution in [3.05, 3.63) is 23.9 Å². The van der Waals surface area contributed by atoms with Crippen LogP contribution in [0.2, 0.25) is 0 Å². The SMILES string of the molecule is CN(C)CCCNc1ccc(C(=O)NC(C)(C)C)cn1. The lowest BCUT2D eigenvalue weighted by molar-refractivity contribution is 0.0919. The fourth-order valence-electron chi connectivity index (χ4n) is 1.66. The van der Waals surface area contributed by atoms with Crippen LogP contribution in [-0.2, 0) is 0 Å². The van der Waals surface area contributed by atoms with E-state index in [1.54, 1.807) is 12.3 Å². The zero-order valence-corrected chi connectivity index (χ0v) is 13.2. The molecule has 0 aliphatic heterocycles. The highest BCUT2D eigenvalue weighted by Gasteiger charge is 2.15. The number of pyridine rings is 1. The largest absolute Gasteiger partial charge is 0.370 e. The smallest absolute Gasteiger partial charge is 0.253 e. The molecule has 0 aliphatic carbocycles. The number of amides is 1. The van der Waals surface area contributed by atoms with Gasteiger partial charge in [-0.05, 0) is 60.0 Å². The maximum absolute atomic E-state index is 11.9. The van der Waals surface area contributed by atoms with Crippen LogP contribution >= 0.6 is 0 Å². The van der Waals surface area contributed by atoms with Crippen molar-refractivity contribution in [1.29, 1.82) is 0 Å². The Bertz CT molecular complexity index is 420. The summed E-state index contributed by atoms with van der Waals surface area (Å²) in [6, 6.07) is 3.63. The number of hydrogen-bond acceptors (Lipinski definition) is 4. The molecule has 0 bridgehead atoms. The van der Waals surface area contributed by atoms with Gasteiger partial charge in [-0.15, -0.1) is 0 Å². The van der Waals surface area contributed by atoms with Gasteiger partial charge >= 0.3 is 0 Å². The first-order valence-electron chi connectivity index (χ1n) is 6.95. The number of rotatable bonds is 6. The second-order valence-corrected chi connectivity index (χ2v) is 6.22. The Morgan fingerprint density at radius 3 is 2.50 bits per heavy atom. The van der Waals surface area contributed by atoms with Crippen LogP contribution in [0.4, 0.5) is 5.82 Å². The molecule has 0 radical (unpaired) electrons. The average Bonchev–Trinajstić information content (AvgIpc) is 2.33. The third kappa shape index (κ3) is 6.52. The quantitative estimate of drug-likeness (QED) is 0.781. The van der Waals surface area contributed by atoms with Gasteiger partial charge in [0.25, 0.3) is 5.91 Å². The third-order valence-electron chi connectivity index (χ3n) is 2.60. The molecule has 20 heavy (non-hydrogen) atoms. The molecule has 0 spiro atoms. The first kappa shape index (κ1) is 16.4. The predicted octanol–water partition coefficient (Wildman–Crippen LogP) is 1.97. The van der Waals surface area contributed by atoms with Crippen LogP contribution in [0, 0.1) is 0 Å². The molecule has 5 heteroatoms. The minimum absolute atomic E-state index is 0.0934. The molecular weight excluding hydrogens is 252 g/mol. The summed E-state index contributed by atoms with van der Waals surface area (Å²) in [5.74, 6) is 0.709. The van der Waals surface area contributed by atoms with E-state index in [4.69, 9.17) is 0 Å². The first-order valence-corrected chi connectivity index (χ1v) is 6.95. The second kappa shape index (κ2) is 7.24. The van der Waals surface area contributed by atoms with Gasteiger partial charge in [-0.2, -0.15) is 0 Å². The maximum Gasteiger partial charge on any atom is 0.253 e. The molecule has 5 nitrogen and oxygen atoms in total. The highest BCUT2D eigenvalue weighted by molar-refractivity contribution is 5.94. The Balaban J connectivity index is 2.46. The van der Waals surface area contributed by atoms with Gasteiger partial charge in [0.05, 0.1) is 5.56 Å². The number of anilines is 1. The van der Waals surface area contributed by atoms with Crippen molar-refractivity contribution >= 4 is 11.7 Å². The van der Waals surface area contributed by atoms with Crippen LogP contribution in [-0.4, -0.2) is 48.5 Å². The van der Waals surface area contributed by atoms with Crippen molar-refractivity contribution in [2.24, 2.45) is 0 Å². The Labute approximate surface area is 121 Å². The topological polar surface area (TPSA) is 57.3 Å². The molecule has 0 aromatic carbocycles. The zero-order chi connectivity index (χ0) is 15.2. The van der Waals surface area contributed by atoms with Gasteiger partial charge in [-0.3, -0.25) is 4.79 Å². The number of aromatic nitrogens is 1. The summed E-state index contributed by atoms with van der Waals surface area (Å²) in [6.07, 6.45) is 2.66. The summed E-state index contributed by atoms with van der Waals surface area (Å²) < 4.78 is 0. The van der Waals surface area contributed by atoms with Gasteiger partial charge in [0.15, 0.2) is 0 Å². The van der Waals surface area contributed by atoms with E-state index in [9.17, 15) is 4.79 Å². The molecule has 0 atom stereocenters. The van der Waals surface area contributed by atoms with Gasteiger partial charge in [0.1, 0.15) is 5.82 Å². The maximum atomic E-state index is 11.9. The fraction of sp³-hybridized carbons (Fsp3) is 0.600. The minimum atomic E-state index is -0.236. The monoisotopic (exact) mass is 278 g/mol. The van der Waals surface area contributed by atoms with E-state index in [-0.39, 0.29) is 11.4 Å². The summed E-state index contributed by atoms with van der Waals surface area (Å²) in [5.41, 5.74) is 0.346. The molecule has 0 saturated carbocycles. The van der Waals surface area contributed by atoms with Crippen LogP contribution in [0.1, 0.15) is 37.6 Å². The van der Waals surface area contributed by atoms with E-state index in [0.29, 0.717) is 5.56 Å². The second-order valence-electron chi connectivity index (χ2n) is 6.22. The average molecular weight is 278 g/mol. The summed E-state index contributed by atoms with van der Waals surface area (Å²) in [7, 11) is 4.11. The summed E-state index contributed by atoms with van der Waals surface area (Å²) in [5, 5.41) is 6.16. The lowest BCUT2D eigenvalue weighted by atomic mass is 10.1. The molecule has 1 amide bonds. The van der Waals surface area contributed by atoms with Gasteiger partial charge in [0.2, 0.25) is 0 Å². The Morgan fingerprint density at radius 1 is 1.30 bits per heavy atom. The minimum Gasteiger partial charge on any atom is -0.370 e. The van der Waals surface area contributed by atoms with Gasteiger partial charge in [-0.1, -0.05) is 0 Å². The van der Waals surface area contributed by atoms with Gasteiger partial charge < -0.3 is 15.5 Å². The molecular formula is C15H26N4O. The number of nitrogens with one attached hydrogen (secondary N) is 2. The number of carbonyl (C=O) groups excluding carboxylic acids is 1. The molecule has 0 unspecified atom stereocenters. The van der Waals surface area contributed by atoms with Crippen molar-refractivity contribution in [2.75, 3.05) is 32.5 Å². The highest BCUT2D eigenvalue weighted by atomic mass is 16.1. The molecule has 1 aromatic heterocycles. The molecule has 2 N–H and O–H groups in total. The number of nitrogens with zero attached hydrogens (tertiary/aromatic N) is 2. The van der Waals surface area contributed by atoms with Gasteiger partial charge in [-0.25, -0.2) is 4.98 Å². The van der Waals surface area contributed by atoms with E-state index in [0.717, 1.165) is 25.3 Å². The molecule has 0 fully saturated rings. The Kier molecular flexibility index (Phi) is 5.95. The van der Waals surface area contributed by atoms with E-state index >= 15 is 0 Å². The van der Waals surface area contributed by atoms with Crippen molar-refractivity contribution in [1.82, 2.24) is 15.2 Å². The van der Waals surface area contributed by atoms with E-state index in [2.05, 4.69) is 34.6 Å². The molecule has 1 aromatic rings. The van der Waals surface area contributed by atoms with Crippen LogP contribution in [0.25, 0.3) is 0 Å². The lowest BCUT2D eigenvalue weighted by Crippen LogP contribution is -2.40. The lowest BCUT2D eigenvalue weighted by Gasteiger charge is -2.20. The Morgan fingerprint density at radius 2 is 2.00 bits per heavy atom. The summed E-state index contributed by atoms with van der Waals surface area (Å²) >= 11 is 0. The van der Waals surface area contributed by atoms with Crippen LogP contribution in [0.5, 0.6) is 0 Å². The third-order valence-corrected chi connectivity index (χ3v) is 2.60. The Hall–Kier alpha value is -1.62.